The minimum Gasteiger partial charge on any atom is -0.333 e. The molecule has 0 aliphatic rings. The summed E-state index contributed by atoms with van der Waals surface area (Å²) in [6, 6.07) is 46.0. The number of hydrogen-bond donors (Lipinski definition) is 0. The Bertz CT molecular complexity index is 2850. The number of para-hydroxylation sites is 2. The summed E-state index contributed by atoms with van der Waals surface area (Å²) in [6.07, 6.45) is 3.24. The van der Waals surface area contributed by atoms with E-state index in [9.17, 15) is 4.39 Å². The molecule has 293 valence electrons. The van der Waals surface area contributed by atoms with Crippen LogP contribution in [0.5, 0.6) is 0 Å². The van der Waals surface area contributed by atoms with Crippen molar-refractivity contribution in [2.45, 2.75) is 53.8 Å². The second kappa shape index (κ2) is 17.0. The minimum absolute atomic E-state index is 0. The van der Waals surface area contributed by atoms with Gasteiger partial charge in [-0.1, -0.05) is 121 Å². The normalized spacial score (nSPS) is 11.5. The van der Waals surface area contributed by atoms with Crippen molar-refractivity contribution in [1.29, 1.82) is 0 Å². The first-order valence-electron chi connectivity index (χ1n) is 19.6. The summed E-state index contributed by atoms with van der Waals surface area (Å²) in [4.78, 5) is 9.78. The van der Waals surface area contributed by atoms with Gasteiger partial charge in [0, 0.05) is 32.0 Å². The number of nitrogens with zero attached hydrogens (tertiary/aromatic N) is 3. The number of imidazole rings is 1. The van der Waals surface area contributed by atoms with Gasteiger partial charge in [0.25, 0.3) is 0 Å². The number of pyridine rings is 1. The third-order valence-corrected chi connectivity index (χ3v) is 13.4. The van der Waals surface area contributed by atoms with Gasteiger partial charge in [-0.05, 0) is 106 Å². The Balaban J connectivity index is 0.000000208. The number of aromatic nitrogens is 3. The van der Waals surface area contributed by atoms with E-state index in [1.165, 1.54) is 39.1 Å². The molecule has 3 nitrogen and oxygen atoms in total. The summed E-state index contributed by atoms with van der Waals surface area (Å²) in [7, 11) is -1.34. The van der Waals surface area contributed by atoms with Gasteiger partial charge in [-0.3, -0.25) is 16.3 Å². The third-order valence-electron chi connectivity index (χ3n) is 10.5. The Morgan fingerprint density at radius 1 is 0.793 bits per heavy atom. The maximum Gasteiger partial charge on any atom is 0.123 e. The van der Waals surface area contributed by atoms with E-state index in [2.05, 4.69) is 147 Å². The summed E-state index contributed by atoms with van der Waals surface area (Å²) in [6.45, 7) is 16.1. The number of fused-ring (bicyclic) bond motifs is 3. The van der Waals surface area contributed by atoms with Crippen LogP contribution in [-0.4, -0.2) is 22.6 Å². The van der Waals surface area contributed by atoms with E-state index in [4.69, 9.17) is 4.98 Å². The summed E-state index contributed by atoms with van der Waals surface area (Å²) < 4.78 is 17.2. The molecule has 58 heavy (non-hydrogen) atoms. The molecule has 6 aromatic carbocycles. The van der Waals surface area contributed by atoms with Crippen LogP contribution < -0.4 is 5.19 Å². The average Bonchev–Trinajstić information content (AvgIpc) is 3.78. The maximum atomic E-state index is 13.8. The Hall–Kier alpha value is -5.04. The first kappa shape index (κ1) is 41.1. The van der Waals surface area contributed by atoms with Crippen LogP contribution in [-0.2, 0) is 26.5 Å². The van der Waals surface area contributed by atoms with Crippen molar-refractivity contribution in [3.8, 4) is 39.5 Å². The van der Waals surface area contributed by atoms with E-state index in [0.29, 0.717) is 5.92 Å². The molecule has 1 radical (unpaired) electrons. The average molecular weight is 972 g/mol. The fourth-order valence-electron chi connectivity index (χ4n) is 7.92. The molecule has 0 bridgehead atoms. The molecule has 0 amide bonds. The molecule has 0 N–H and O–H groups in total. The molecule has 0 fully saturated rings. The summed E-state index contributed by atoms with van der Waals surface area (Å²) in [5.74, 6) is 1.30. The third kappa shape index (κ3) is 8.41. The zero-order valence-corrected chi connectivity index (χ0v) is 38.2. The summed E-state index contributed by atoms with van der Waals surface area (Å²) >= 11 is 1.55. The first-order chi connectivity index (χ1) is 27.4. The van der Waals surface area contributed by atoms with Crippen LogP contribution in [0.15, 0.2) is 134 Å². The van der Waals surface area contributed by atoms with Crippen molar-refractivity contribution < 1.29 is 24.5 Å². The van der Waals surface area contributed by atoms with Crippen molar-refractivity contribution in [2.75, 3.05) is 0 Å². The fraction of sp³-hybridized carbons (Fsp3) is 0.176. The van der Waals surface area contributed by atoms with Crippen LogP contribution in [0.25, 0.3) is 71.4 Å². The largest absolute Gasteiger partial charge is 0.333 e. The molecular formula is C51H46FIrN3SSi-2. The molecule has 7 heteroatoms. The molecular weight excluding hydrogens is 926 g/mol. The van der Waals surface area contributed by atoms with Crippen LogP contribution in [0, 0.1) is 37.0 Å². The van der Waals surface area contributed by atoms with Crippen LogP contribution >= 0.6 is 11.3 Å². The van der Waals surface area contributed by atoms with Crippen LogP contribution in [0.2, 0.25) is 19.6 Å². The van der Waals surface area contributed by atoms with Gasteiger partial charge in [-0.25, -0.2) is 4.39 Å². The van der Waals surface area contributed by atoms with E-state index in [0.717, 1.165) is 66.6 Å². The van der Waals surface area contributed by atoms with Crippen molar-refractivity contribution in [3.05, 3.63) is 168 Å². The number of aryl methyl sites for hydroxylation is 2. The zero-order chi connectivity index (χ0) is 39.8. The predicted molar refractivity (Wildman–Crippen MR) is 243 cm³/mol. The SMILES string of the molecule is CC(C)Cc1cc(-c2[c-]cccc2)ncc1[Si](C)(C)C.Cc1cc(-n2c(-c3[c-]sc4cc5cc(F)ccc5cc34)nc3ccccc32)cc(C)c1-c1ccccc1.[Ir]. The van der Waals surface area contributed by atoms with Crippen molar-refractivity contribution in [2.24, 2.45) is 5.92 Å². The number of thiophene rings is 1. The zero-order valence-electron chi connectivity index (χ0n) is 33.9. The van der Waals surface area contributed by atoms with E-state index in [1.807, 2.05) is 42.5 Å². The van der Waals surface area contributed by atoms with E-state index in [-0.39, 0.29) is 25.9 Å². The Kier molecular flexibility index (Phi) is 12.1. The monoisotopic (exact) mass is 972 g/mol. The van der Waals surface area contributed by atoms with Gasteiger partial charge in [0.1, 0.15) is 5.82 Å². The number of hydrogen-bond acceptors (Lipinski definition) is 3. The molecule has 0 aliphatic carbocycles. The molecule has 3 heterocycles. The van der Waals surface area contributed by atoms with Gasteiger partial charge < -0.3 is 9.55 Å². The topological polar surface area (TPSA) is 30.7 Å². The number of rotatable bonds is 7. The minimum atomic E-state index is -1.34. The van der Waals surface area contributed by atoms with Gasteiger partial charge in [-0.2, -0.15) is 0 Å². The van der Waals surface area contributed by atoms with Crippen molar-refractivity contribution in [1.82, 2.24) is 14.5 Å². The van der Waals surface area contributed by atoms with E-state index in [1.54, 1.807) is 17.4 Å². The van der Waals surface area contributed by atoms with E-state index < -0.39 is 8.07 Å². The fourth-order valence-corrected chi connectivity index (χ4v) is 10.4. The molecule has 0 spiro atoms. The molecule has 0 saturated carbocycles. The van der Waals surface area contributed by atoms with Gasteiger partial charge in [-0.15, -0.1) is 41.3 Å². The standard InChI is InChI=1S/C33H22FN2S.C18H24NSi.Ir/c1-20-14-26(15-21(2)32(20)22-8-4-3-5-9-22)36-30-11-7-6-10-29(30)35-33(36)28-19-37-31-18-24-16-25(34)13-12-23(24)17-27(28)31;1-14(2)11-16-12-17(15-9-7-6-8-10-15)19-13-18(16)20(3,4)5;/h3-18H,1-2H3;6-9,12-14H,11H2,1-5H3;/q2*-1;. The van der Waals surface area contributed by atoms with Gasteiger partial charge in [0.05, 0.1) is 24.9 Å². The quantitative estimate of drug-likeness (QED) is 0.118. The Morgan fingerprint density at radius 2 is 1.52 bits per heavy atom. The van der Waals surface area contributed by atoms with Crippen LogP contribution in [0.1, 0.15) is 30.5 Å². The molecule has 3 aromatic heterocycles. The second-order valence-corrected chi connectivity index (χ2v) is 22.2. The van der Waals surface area contributed by atoms with Crippen molar-refractivity contribution in [3.63, 3.8) is 0 Å². The Morgan fingerprint density at radius 3 is 2.22 bits per heavy atom. The second-order valence-electron chi connectivity index (χ2n) is 16.3. The smallest absolute Gasteiger partial charge is 0.123 e. The van der Waals surface area contributed by atoms with Gasteiger partial charge in [0.15, 0.2) is 0 Å². The first-order valence-corrected chi connectivity index (χ1v) is 23.9. The number of benzene rings is 6. The summed E-state index contributed by atoms with van der Waals surface area (Å²) in [5.41, 5.74) is 12.6. The molecule has 0 saturated heterocycles. The molecule has 9 rings (SSSR count). The van der Waals surface area contributed by atoms with Crippen LogP contribution in [0.4, 0.5) is 4.39 Å². The van der Waals surface area contributed by atoms with Crippen molar-refractivity contribution >= 4 is 56.5 Å². The molecule has 0 unspecified atom stereocenters. The molecule has 0 aliphatic heterocycles. The van der Waals surface area contributed by atoms with Crippen LogP contribution in [0.3, 0.4) is 0 Å². The van der Waals surface area contributed by atoms with Gasteiger partial charge >= 0.3 is 0 Å². The number of halogens is 1. The maximum absolute atomic E-state index is 13.8. The molecule has 0 atom stereocenters. The Labute approximate surface area is 360 Å². The summed E-state index contributed by atoms with van der Waals surface area (Å²) in [5, 5.41) is 7.99. The molecule has 9 aromatic rings. The van der Waals surface area contributed by atoms with Gasteiger partial charge in [0.2, 0.25) is 0 Å². The van der Waals surface area contributed by atoms with E-state index >= 15 is 0 Å². The predicted octanol–water partition coefficient (Wildman–Crippen LogP) is 13.6.